The molecule has 0 saturated heterocycles. The summed E-state index contributed by atoms with van der Waals surface area (Å²) in [6.07, 6.45) is 1.89. The molecule has 0 spiro atoms. The zero-order chi connectivity index (χ0) is 18.0. The van der Waals surface area contributed by atoms with E-state index >= 15 is 0 Å². The standard InChI is InChI=1S/C22H23ClN2/c1-22(2,3)21-13-16(10-11-25-21)15-6-5-7-17(12-15)19-9-8-18(24-4)14-20(19)23/h5-14,24H,1-4H3. The van der Waals surface area contributed by atoms with E-state index in [2.05, 4.69) is 73.5 Å². The highest BCUT2D eigenvalue weighted by molar-refractivity contribution is 6.33. The summed E-state index contributed by atoms with van der Waals surface area (Å²) >= 11 is 6.48. The van der Waals surface area contributed by atoms with Crippen molar-refractivity contribution in [3.8, 4) is 22.3 Å². The Labute approximate surface area is 154 Å². The van der Waals surface area contributed by atoms with Crippen molar-refractivity contribution in [2.24, 2.45) is 0 Å². The monoisotopic (exact) mass is 350 g/mol. The first-order valence-electron chi connectivity index (χ1n) is 8.43. The van der Waals surface area contributed by atoms with E-state index in [0.29, 0.717) is 0 Å². The van der Waals surface area contributed by atoms with Crippen LogP contribution in [0, 0.1) is 0 Å². The van der Waals surface area contributed by atoms with E-state index in [4.69, 9.17) is 11.6 Å². The number of hydrogen-bond donors (Lipinski definition) is 1. The van der Waals surface area contributed by atoms with Gasteiger partial charge in [0.25, 0.3) is 0 Å². The van der Waals surface area contributed by atoms with Crippen molar-refractivity contribution in [3.05, 3.63) is 71.5 Å². The average molecular weight is 351 g/mol. The number of nitrogens with one attached hydrogen (secondary N) is 1. The number of aromatic nitrogens is 1. The van der Waals surface area contributed by atoms with Gasteiger partial charge in [0.15, 0.2) is 0 Å². The molecule has 0 aliphatic heterocycles. The van der Waals surface area contributed by atoms with Gasteiger partial charge in [0, 0.05) is 35.6 Å². The van der Waals surface area contributed by atoms with Gasteiger partial charge in [-0.3, -0.25) is 4.98 Å². The number of benzene rings is 2. The zero-order valence-corrected chi connectivity index (χ0v) is 15.9. The van der Waals surface area contributed by atoms with Crippen LogP contribution in [0.1, 0.15) is 26.5 Å². The van der Waals surface area contributed by atoms with Gasteiger partial charge in [-0.1, -0.05) is 56.6 Å². The number of halogens is 1. The van der Waals surface area contributed by atoms with Gasteiger partial charge in [0.1, 0.15) is 0 Å². The number of rotatable bonds is 3. The fourth-order valence-corrected chi connectivity index (χ4v) is 3.08. The summed E-state index contributed by atoms with van der Waals surface area (Å²) in [6.45, 7) is 6.54. The zero-order valence-electron chi connectivity index (χ0n) is 15.1. The van der Waals surface area contributed by atoms with Crippen LogP contribution in [0.4, 0.5) is 5.69 Å². The Morgan fingerprint density at radius 2 is 1.60 bits per heavy atom. The summed E-state index contributed by atoms with van der Waals surface area (Å²) in [5.41, 5.74) is 6.61. The third-order valence-corrected chi connectivity index (χ3v) is 4.61. The summed E-state index contributed by atoms with van der Waals surface area (Å²) in [5.74, 6) is 0. The smallest absolute Gasteiger partial charge is 0.0504 e. The number of nitrogens with zero attached hydrogens (tertiary/aromatic N) is 1. The number of anilines is 1. The maximum absolute atomic E-state index is 6.48. The second kappa shape index (κ2) is 6.89. The van der Waals surface area contributed by atoms with Crippen LogP contribution >= 0.6 is 11.6 Å². The fraction of sp³-hybridized carbons (Fsp3) is 0.227. The van der Waals surface area contributed by atoms with Gasteiger partial charge in [-0.25, -0.2) is 0 Å². The SMILES string of the molecule is CNc1ccc(-c2cccc(-c3ccnc(C(C)(C)C)c3)c2)c(Cl)c1. The first-order chi connectivity index (χ1) is 11.9. The van der Waals surface area contributed by atoms with Gasteiger partial charge in [0.2, 0.25) is 0 Å². The molecule has 3 rings (SSSR count). The molecule has 128 valence electrons. The molecule has 2 aromatic carbocycles. The van der Waals surface area contributed by atoms with Crippen LogP contribution in [-0.4, -0.2) is 12.0 Å². The highest BCUT2D eigenvalue weighted by atomic mass is 35.5. The van der Waals surface area contributed by atoms with Crippen molar-refractivity contribution >= 4 is 17.3 Å². The first kappa shape index (κ1) is 17.5. The van der Waals surface area contributed by atoms with Gasteiger partial charge in [-0.15, -0.1) is 0 Å². The summed E-state index contributed by atoms with van der Waals surface area (Å²) in [7, 11) is 1.89. The Morgan fingerprint density at radius 1 is 0.880 bits per heavy atom. The highest BCUT2D eigenvalue weighted by Gasteiger charge is 2.16. The maximum atomic E-state index is 6.48. The molecule has 0 bridgehead atoms. The van der Waals surface area contributed by atoms with Gasteiger partial charge < -0.3 is 5.32 Å². The van der Waals surface area contributed by atoms with Crippen LogP contribution in [0.2, 0.25) is 5.02 Å². The van der Waals surface area contributed by atoms with E-state index < -0.39 is 0 Å². The molecule has 0 atom stereocenters. The predicted molar refractivity (Wildman–Crippen MR) is 108 cm³/mol. The molecule has 1 aromatic heterocycles. The summed E-state index contributed by atoms with van der Waals surface area (Å²) in [6, 6.07) is 18.8. The molecule has 0 amide bonds. The third kappa shape index (κ3) is 3.85. The molecule has 0 fully saturated rings. The molecule has 25 heavy (non-hydrogen) atoms. The molecule has 0 radical (unpaired) electrons. The Balaban J connectivity index is 2.03. The maximum Gasteiger partial charge on any atom is 0.0504 e. The Morgan fingerprint density at radius 3 is 2.28 bits per heavy atom. The van der Waals surface area contributed by atoms with E-state index in [1.165, 1.54) is 11.1 Å². The molecular weight excluding hydrogens is 328 g/mol. The molecule has 0 unspecified atom stereocenters. The van der Waals surface area contributed by atoms with Crippen LogP contribution in [0.25, 0.3) is 22.3 Å². The van der Waals surface area contributed by atoms with E-state index in [-0.39, 0.29) is 5.41 Å². The van der Waals surface area contributed by atoms with Crippen LogP contribution in [0.5, 0.6) is 0 Å². The molecule has 0 aliphatic rings. The molecule has 0 aliphatic carbocycles. The van der Waals surface area contributed by atoms with Crippen LogP contribution < -0.4 is 5.32 Å². The van der Waals surface area contributed by atoms with E-state index in [1.54, 1.807) is 0 Å². The number of hydrogen-bond acceptors (Lipinski definition) is 2. The van der Waals surface area contributed by atoms with Crippen LogP contribution in [0.15, 0.2) is 60.8 Å². The van der Waals surface area contributed by atoms with Crippen molar-refractivity contribution in [2.75, 3.05) is 12.4 Å². The van der Waals surface area contributed by atoms with Crippen molar-refractivity contribution < 1.29 is 0 Å². The van der Waals surface area contributed by atoms with Crippen molar-refractivity contribution in [1.29, 1.82) is 0 Å². The second-order valence-corrected chi connectivity index (χ2v) is 7.61. The summed E-state index contributed by atoms with van der Waals surface area (Å²) in [5, 5.41) is 3.86. The van der Waals surface area contributed by atoms with Crippen molar-refractivity contribution in [3.63, 3.8) is 0 Å². The van der Waals surface area contributed by atoms with E-state index in [1.807, 2.05) is 25.4 Å². The summed E-state index contributed by atoms with van der Waals surface area (Å²) < 4.78 is 0. The minimum Gasteiger partial charge on any atom is -0.388 e. The molecule has 3 aromatic rings. The lowest BCUT2D eigenvalue weighted by Gasteiger charge is -2.18. The molecular formula is C22H23ClN2. The molecule has 3 heteroatoms. The predicted octanol–water partition coefficient (Wildman–Crippen LogP) is 6.41. The van der Waals surface area contributed by atoms with E-state index in [9.17, 15) is 0 Å². The minimum absolute atomic E-state index is 0.0277. The topological polar surface area (TPSA) is 24.9 Å². The normalized spacial score (nSPS) is 11.4. The van der Waals surface area contributed by atoms with Gasteiger partial charge >= 0.3 is 0 Å². The molecule has 1 N–H and O–H groups in total. The lowest BCUT2D eigenvalue weighted by molar-refractivity contribution is 0.569. The Bertz CT molecular complexity index is 895. The van der Waals surface area contributed by atoms with Crippen LogP contribution in [-0.2, 0) is 5.41 Å². The van der Waals surface area contributed by atoms with Gasteiger partial charge in [-0.2, -0.15) is 0 Å². The van der Waals surface area contributed by atoms with Crippen molar-refractivity contribution in [2.45, 2.75) is 26.2 Å². The second-order valence-electron chi connectivity index (χ2n) is 7.21. The fourth-order valence-electron chi connectivity index (χ4n) is 2.79. The van der Waals surface area contributed by atoms with Crippen LogP contribution in [0.3, 0.4) is 0 Å². The molecule has 2 nitrogen and oxygen atoms in total. The van der Waals surface area contributed by atoms with Crippen molar-refractivity contribution in [1.82, 2.24) is 4.98 Å². The summed E-state index contributed by atoms with van der Waals surface area (Å²) in [4.78, 5) is 4.52. The molecule has 1 heterocycles. The minimum atomic E-state index is 0.0277. The van der Waals surface area contributed by atoms with Gasteiger partial charge in [0.05, 0.1) is 5.02 Å². The highest BCUT2D eigenvalue weighted by Crippen LogP contribution is 2.33. The number of pyridine rings is 1. The Hall–Kier alpha value is -2.32. The lowest BCUT2D eigenvalue weighted by atomic mass is 9.89. The Kier molecular flexibility index (Phi) is 4.82. The van der Waals surface area contributed by atoms with Gasteiger partial charge in [-0.05, 0) is 47.0 Å². The quantitative estimate of drug-likeness (QED) is 0.590. The lowest BCUT2D eigenvalue weighted by Crippen LogP contribution is -2.13. The third-order valence-electron chi connectivity index (χ3n) is 4.29. The largest absolute Gasteiger partial charge is 0.388 e. The average Bonchev–Trinajstić information content (AvgIpc) is 2.61. The molecule has 0 saturated carbocycles. The first-order valence-corrected chi connectivity index (χ1v) is 8.81. The van der Waals surface area contributed by atoms with E-state index in [0.717, 1.165) is 27.5 Å².